The maximum absolute atomic E-state index is 5.84. The van der Waals surface area contributed by atoms with Crippen molar-refractivity contribution in [3.63, 3.8) is 0 Å². The van der Waals surface area contributed by atoms with Crippen LogP contribution in [0.15, 0.2) is 71.7 Å². The van der Waals surface area contributed by atoms with E-state index in [1.54, 1.807) is 24.3 Å². The molecule has 0 heterocycles. The predicted molar refractivity (Wildman–Crippen MR) is 80.4 cm³/mol. The summed E-state index contributed by atoms with van der Waals surface area (Å²) in [4.78, 5) is 4.44. The normalized spacial score (nSPS) is 11.2. The Morgan fingerprint density at radius 2 is 1.68 bits per heavy atom. The molecule has 2 aromatic rings. The third-order valence-corrected chi connectivity index (χ3v) is 2.63. The summed E-state index contributed by atoms with van der Waals surface area (Å²) in [6.07, 6.45) is 0. The second-order valence-corrected chi connectivity index (χ2v) is 4.53. The van der Waals surface area contributed by atoms with Gasteiger partial charge in [-0.1, -0.05) is 36.4 Å². The Morgan fingerprint density at radius 1 is 1.05 bits per heavy atom. The molecule has 2 rings (SSSR count). The first-order chi connectivity index (χ1) is 9.15. The van der Waals surface area contributed by atoms with Gasteiger partial charge >= 0.3 is 0 Å². The quantitative estimate of drug-likeness (QED) is 0.567. The lowest BCUT2D eigenvalue weighted by atomic mass is 10.3. The summed E-state index contributed by atoms with van der Waals surface area (Å²) in [7, 11) is 0. The molecule has 0 atom stereocenters. The van der Waals surface area contributed by atoms with Gasteiger partial charge in [0.1, 0.15) is 5.75 Å². The van der Waals surface area contributed by atoms with Gasteiger partial charge in [-0.15, -0.1) is 0 Å². The minimum Gasteiger partial charge on any atom is -0.439 e. The lowest BCUT2D eigenvalue weighted by Gasteiger charge is -2.08. The summed E-state index contributed by atoms with van der Waals surface area (Å²) >= 11 is 5.84. The Hall–Kier alpha value is -2.06. The number of ether oxygens (including phenoxy) is 1. The highest BCUT2D eigenvalue weighted by molar-refractivity contribution is 6.30. The molecule has 0 bridgehead atoms. The molecule has 0 aliphatic rings. The van der Waals surface area contributed by atoms with Crippen LogP contribution in [0, 0.1) is 0 Å². The molecule has 0 saturated carbocycles. The lowest BCUT2D eigenvalue weighted by Crippen LogP contribution is -2.08. The van der Waals surface area contributed by atoms with Crippen molar-refractivity contribution in [2.75, 3.05) is 0 Å². The van der Waals surface area contributed by atoms with Gasteiger partial charge < -0.3 is 4.74 Å². The summed E-state index contributed by atoms with van der Waals surface area (Å²) in [6.45, 7) is 5.74. The number of benzene rings is 2. The standard InChI is InChI=1S/C16H14ClNO/c1-12(2)16(18-14-6-4-3-5-7-14)19-15-10-8-13(17)9-11-15/h3-11H,1H2,2H3. The van der Waals surface area contributed by atoms with E-state index in [-0.39, 0.29) is 0 Å². The van der Waals surface area contributed by atoms with Gasteiger partial charge in [0.2, 0.25) is 5.90 Å². The first kappa shape index (κ1) is 13.4. The molecule has 2 nitrogen and oxygen atoms in total. The highest BCUT2D eigenvalue weighted by Gasteiger charge is 2.04. The van der Waals surface area contributed by atoms with Gasteiger partial charge in [-0.3, -0.25) is 0 Å². The number of hydrogen-bond acceptors (Lipinski definition) is 2. The zero-order valence-electron chi connectivity index (χ0n) is 10.6. The van der Waals surface area contributed by atoms with Crippen LogP contribution in [0.5, 0.6) is 5.75 Å². The Labute approximate surface area is 118 Å². The van der Waals surface area contributed by atoms with Crippen LogP contribution in [0.2, 0.25) is 5.02 Å². The van der Waals surface area contributed by atoms with Gasteiger partial charge in [0, 0.05) is 10.6 Å². The molecule has 3 heteroatoms. The highest BCUT2D eigenvalue weighted by atomic mass is 35.5. The maximum Gasteiger partial charge on any atom is 0.222 e. The summed E-state index contributed by atoms with van der Waals surface area (Å²) in [6, 6.07) is 16.8. The largest absolute Gasteiger partial charge is 0.439 e. The monoisotopic (exact) mass is 271 g/mol. The lowest BCUT2D eigenvalue weighted by molar-refractivity contribution is 0.551. The van der Waals surface area contributed by atoms with Crippen LogP contribution in [0.3, 0.4) is 0 Å². The van der Waals surface area contributed by atoms with E-state index in [2.05, 4.69) is 11.6 Å². The Balaban J connectivity index is 2.24. The molecular weight excluding hydrogens is 258 g/mol. The number of nitrogens with zero attached hydrogens (tertiary/aromatic N) is 1. The molecular formula is C16H14ClNO. The van der Waals surface area contributed by atoms with Gasteiger partial charge in [-0.2, -0.15) is 0 Å². The Bertz CT molecular complexity index is 588. The molecule has 0 saturated heterocycles. The van der Waals surface area contributed by atoms with Crippen LogP contribution in [0.1, 0.15) is 6.92 Å². The smallest absolute Gasteiger partial charge is 0.222 e. The van der Waals surface area contributed by atoms with Gasteiger partial charge in [0.05, 0.1) is 5.69 Å². The molecule has 0 aliphatic carbocycles. The number of para-hydroxylation sites is 1. The van der Waals surface area contributed by atoms with Crippen LogP contribution >= 0.6 is 11.6 Å². The van der Waals surface area contributed by atoms with E-state index in [0.717, 1.165) is 11.3 Å². The van der Waals surface area contributed by atoms with Crippen LogP contribution in [0.25, 0.3) is 0 Å². The zero-order valence-corrected chi connectivity index (χ0v) is 11.4. The number of halogens is 1. The maximum atomic E-state index is 5.84. The molecule has 0 fully saturated rings. The average Bonchev–Trinajstić information content (AvgIpc) is 2.41. The topological polar surface area (TPSA) is 21.6 Å². The second kappa shape index (κ2) is 6.21. The second-order valence-electron chi connectivity index (χ2n) is 4.09. The molecule has 0 spiro atoms. The van der Waals surface area contributed by atoms with E-state index in [1.165, 1.54) is 0 Å². The molecule has 0 unspecified atom stereocenters. The van der Waals surface area contributed by atoms with Gasteiger partial charge in [-0.25, -0.2) is 4.99 Å². The number of rotatable bonds is 3. The molecule has 0 N–H and O–H groups in total. The fraction of sp³-hybridized carbons (Fsp3) is 0.0625. The van der Waals surface area contributed by atoms with Gasteiger partial charge in [0.25, 0.3) is 0 Å². The summed E-state index contributed by atoms with van der Waals surface area (Å²) in [5, 5.41) is 0.671. The first-order valence-electron chi connectivity index (χ1n) is 5.88. The van der Waals surface area contributed by atoms with Crippen molar-refractivity contribution in [2.24, 2.45) is 4.99 Å². The van der Waals surface area contributed by atoms with E-state index >= 15 is 0 Å². The molecule has 19 heavy (non-hydrogen) atoms. The summed E-state index contributed by atoms with van der Waals surface area (Å²) in [5.74, 6) is 1.18. The van der Waals surface area contributed by atoms with Crippen LogP contribution < -0.4 is 4.74 Å². The van der Waals surface area contributed by atoms with Gasteiger partial charge in [-0.05, 0) is 43.3 Å². The molecule has 0 radical (unpaired) electrons. The first-order valence-corrected chi connectivity index (χ1v) is 6.26. The minimum atomic E-state index is 0.494. The van der Waals surface area contributed by atoms with Crippen molar-refractivity contribution in [3.8, 4) is 5.75 Å². The Morgan fingerprint density at radius 3 is 2.26 bits per heavy atom. The fourth-order valence-electron chi connectivity index (χ4n) is 1.44. The van der Waals surface area contributed by atoms with Crippen molar-refractivity contribution >= 4 is 23.2 Å². The van der Waals surface area contributed by atoms with E-state index in [0.29, 0.717) is 16.7 Å². The van der Waals surface area contributed by atoms with E-state index in [4.69, 9.17) is 16.3 Å². The van der Waals surface area contributed by atoms with Crippen LogP contribution in [-0.2, 0) is 0 Å². The minimum absolute atomic E-state index is 0.494. The third-order valence-electron chi connectivity index (χ3n) is 2.38. The van der Waals surface area contributed by atoms with Gasteiger partial charge in [0.15, 0.2) is 0 Å². The molecule has 0 aliphatic heterocycles. The Kier molecular flexibility index (Phi) is 4.37. The fourth-order valence-corrected chi connectivity index (χ4v) is 1.57. The van der Waals surface area contributed by atoms with Crippen molar-refractivity contribution in [2.45, 2.75) is 6.92 Å². The molecule has 0 amide bonds. The van der Waals surface area contributed by atoms with Crippen LogP contribution in [-0.4, -0.2) is 5.90 Å². The molecule has 96 valence electrons. The SMILES string of the molecule is C=C(C)C(=Nc1ccccc1)Oc1ccc(Cl)cc1. The van der Waals surface area contributed by atoms with E-state index in [9.17, 15) is 0 Å². The predicted octanol–water partition coefficient (Wildman–Crippen LogP) is 5.03. The summed E-state index contributed by atoms with van der Waals surface area (Å²) in [5.41, 5.74) is 1.59. The van der Waals surface area contributed by atoms with Crippen molar-refractivity contribution < 1.29 is 4.74 Å². The van der Waals surface area contributed by atoms with Crippen molar-refractivity contribution in [3.05, 3.63) is 71.8 Å². The zero-order chi connectivity index (χ0) is 13.7. The van der Waals surface area contributed by atoms with E-state index in [1.807, 2.05) is 37.3 Å². The average molecular weight is 272 g/mol. The molecule has 0 aromatic heterocycles. The van der Waals surface area contributed by atoms with Crippen molar-refractivity contribution in [1.29, 1.82) is 0 Å². The summed E-state index contributed by atoms with van der Waals surface area (Å²) < 4.78 is 5.73. The number of hydrogen-bond donors (Lipinski definition) is 0. The van der Waals surface area contributed by atoms with E-state index < -0.39 is 0 Å². The number of aliphatic imine (C=N–C) groups is 1. The van der Waals surface area contributed by atoms with Crippen molar-refractivity contribution in [1.82, 2.24) is 0 Å². The van der Waals surface area contributed by atoms with Crippen LogP contribution in [0.4, 0.5) is 5.69 Å². The third kappa shape index (κ3) is 3.97. The molecule has 2 aromatic carbocycles. The highest BCUT2D eigenvalue weighted by Crippen LogP contribution is 2.19.